The number of aromatic nitrogens is 2. The summed E-state index contributed by atoms with van der Waals surface area (Å²) in [6.07, 6.45) is 3.21. The smallest absolute Gasteiger partial charge is 0.246 e. The van der Waals surface area contributed by atoms with Crippen molar-refractivity contribution in [2.75, 3.05) is 14.2 Å². The van der Waals surface area contributed by atoms with Crippen molar-refractivity contribution in [2.45, 2.75) is 26.7 Å². The third-order valence-electron chi connectivity index (χ3n) is 2.52. The van der Waals surface area contributed by atoms with Crippen LogP contribution in [0, 0.1) is 5.92 Å². The Bertz CT molecular complexity index is 393. The zero-order chi connectivity index (χ0) is 12.8. The number of methoxy groups -OCH3 is 2. The number of Topliss-reactive ketones (excluding diaryl/α,β-unsaturated/α-hetero) is 1. The van der Waals surface area contributed by atoms with Crippen LogP contribution in [0.4, 0.5) is 0 Å². The van der Waals surface area contributed by atoms with Gasteiger partial charge in [0.15, 0.2) is 11.5 Å². The van der Waals surface area contributed by atoms with Crippen LogP contribution in [-0.2, 0) is 0 Å². The minimum absolute atomic E-state index is 0.0427. The van der Waals surface area contributed by atoms with Crippen molar-refractivity contribution in [1.29, 1.82) is 0 Å². The largest absolute Gasteiger partial charge is 0.480 e. The van der Waals surface area contributed by atoms with E-state index in [-0.39, 0.29) is 23.3 Å². The molecule has 0 spiro atoms. The summed E-state index contributed by atoms with van der Waals surface area (Å²) in [5, 5.41) is 0. The van der Waals surface area contributed by atoms with Crippen LogP contribution < -0.4 is 9.47 Å². The van der Waals surface area contributed by atoms with E-state index < -0.39 is 0 Å². The quantitative estimate of drug-likeness (QED) is 0.710. The Balaban J connectivity index is 3.00. The molecule has 0 radical (unpaired) electrons. The van der Waals surface area contributed by atoms with Gasteiger partial charge in [0.05, 0.1) is 20.4 Å². The Hall–Kier alpha value is -1.65. The molecular formula is C12H18N2O3. The zero-order valence-corrected chi connectivity index (χ0v) is 10.7. The van der Waals surface area contributed by atoms with Gasteiger partial charge in [0.1, 0.15) is 0 Å². The highest BCUT2D eigenvalue weighted by Gasteiger charge is 2.21. The molecule has 0 aliphatic heterocycles. The standard InChI is InChI=1S/C12H18N2O3/c1-5-6-8(2)11(15)10-12(17-4)14-9(16-3)7-13-10/h7-8H,5-6H2,1-4H3. The third kappa shape index (κ3) is 3.15. The molecule has 0 aliphatic carbocycles. The highest BCUT2D eigenvalue weighted by molar-refractivity contribution is 5.97. The van der Waals surface area contributed by atoms with Crippen LogP contribution >= 0.6 is 0 Å². The molecule has 1 aromatic rings. The van der Waals surface area contributed by atoms with Crippen molar-refractivity contribution < 1.29 is 14.3 Å². The van der Waals surface area contributed by atoms with Gasteiger partial charge in [0.2, 0.25) is 11.8 Å². The maximum atomic E-state index is 12.1. The number of ketones is 1. The fourth-order valence-corrected chi connectivity index (χ4v) is 1.56. The number of hydrogen-bond donors (Lipinski definition) is 0. The van der Waals surface area contributed by atoms with Crippen molar-refractivity contribution in [2.24, 2.45) is 5.92 Å². The van der Waals surface area contributed by atoms with Gasteiger partial charge >= 0.3 is 0 Å². The minimum atomic E-state index is -0.0726. The lowest BCUT2D eigenvalue weighted by Crippen LogP contribution is -2.15. The minimum Gasteiger partial charge on any atom is -0.480 e. The van der Waals surface area contributed by atoms with Crippen LogP contribution in [0.25, 0.3) is 0 Å². The number of hydrogen-bond acceptors (Lipinski definition) is 5. The van der Waals surface area contributed by atoms with Gasteiger partial charge in [-0.2, -0.15) is 4.98 Å². The Morgan fingerprint density at radius 2 is 2.12 bits per heavy atom. The van der Waals surface area contributed by atoms with Gasteiger partial charge in [0, 0.05) is 5.92 Å². The van der Waals surface area contributed by atoms with Gasteiger partial charge in [-0.15, -0.1) is 0 Å². The monoisotopic (exact) mass is 238 g/mol. The van der Waals surface area contributed by atoms with Gasteiger partial charge in [-0.05, 0) is 6.42 Å². The van der Waals surface area contributed by atoms with Gasteiger partial charge in [0.25, 0.3) is 0 Å². The molecule has 1 heterocycles. The molecule has 0 N–H and O–H groups in total. The van der Waals surface area contributed by atoms with Gasteiger partial charge in [-0.1, -0.05) is 20.3 Å². The number of carbonyl (C=O) groups excluding carboxylic acids is 1. The number of ether oxygens (including phenoxy) is 2. The van der Waals surface area contributed by atoms with Crippen LogP contribution in [0.2, 0.25) is 0 Å². The summed E-state index contributed by atoms with van der Waals surface area (Å²) in [6.45, 7) is 3.93. The summed E-state index contributed by atoms with van der Waals surface area (Å²) >= 11 is 0. The van der Waals surface area contributed by atoms with E-state index in [1.54, 1.807) is 0 Å². The first-order valence-electron chi connectivity index (χ1n) is 5.63. The molecule has 0 aliphatic rings. The first-order valence-corrected chi connectivity index (χ1v) is 5.63. The van der Waals surface area contributed by atoms with Gasteiger partial charge in [-0.25, -0.2) is 4.98 Å². The summed E-state index contributed by atoms with van der Waals surface area (Å²) in [5.41, 5.74) is 0.272. The predicted octanol–water partition coefficient (Wildman–Crippen LogP) is 2.11. The molecule has 1 unspecified atom stereocenters. The van der Waals surface area contributed by atoms with E-state index in [2.05, 4.69) is 9.97 Å². The van der Waals surface area contributed by atoms with E-state index in [0.717, 1.165) is 12.8 Å². The molecule has 5 heteroatoms. The Morgan fingerprint density at radius 3 is 2.65 bits per heavy atom. The lowest BCUT2D eigenvalue weighted by atomic mass is 9.99. The average Bonchev–Trinajstić information content (AvgIpc) is 2.37. The summed E-state index contributed by atoms with van der Waals surface area (Å²) in [4.78, 5) is 20.2. The number of nitrogens with zero attached hydrogens (tertiary/aromatic N) is 2. The highest BCUT2D eigenvalue weighted by Crippen LogP contribution is 2.21. The molecule has 0 fully saturated rings. The lowest BCUT2D eigenvalue weighted by Gasteiger charge is -2.11. The Labute approximate surface area is 101 Å². The molecule has 1 rings (SSSR count). The first kappa shape index (κ1) is 13.4. The Morgan fingerprint density at radius 1 is 1.41 bits per heavy atom. The highest BCUT2D eigenvalue weighted by atomic mass is 16.5. The SMILES string of the molecule is CCCC(C)C(=O)c1ncc(OC)nc1OC. The normalized spacial score (nSPS) is 12.0. The fourth-order valence-electron chi connectivity index (χ4n) is 1.56. The number of carbonyl (C=O) groups is 1. The average molecular weight is 238 g/mol. The van der Waals surface area contributed by atoms with Crippen molar-refractivity contribution in [1.82, 2.24) is 9.97 Å². The van der Waals surface area contributed by atoms with Gasteiger partial charge in [-0.3, -0.25) is 4.79 Å². The van der Waals surface area contributed by atoms with Crippen LogP contribution in [0.5, 0.6) is 11.8 Å². The molecule has 0 bridgehead atoms. The van der Waals surface area contributed by atoms with E-state index in [1.165, 1.54) is 20.4 Å². The second kappa shape index (κ2) is 6.18. The van der Waals surface area contributed by atoms with Crippen molar-refractivity contribution in [3.8, 4) is 11.8 Å². The van der Waals surface area contributed by atoms with E-state index in [1.807, 2.05) is 13.8 Å². The molecule has 0 saturated heterocycles. The maximum Gasteiger partial charge on any atom is 0.246 e. The third-order valence-corrected chi connectivity index (χ3v) is 2.52. The number of rotatable bonds is 6. The van der Waals surface area contributed by atoms with Crippen molar-refractivity contribution in [3.05, 3.63) is 11.9 Å². The van der Waals surface area contributed by atoms with E-state index in [0.29, 0.717) is 5.88 Å². The van der Waals surface area contributed by atoms with Crippen LogP contribution in [0.15, 0.2) is 6.20 Å². The van der Waals surface area contributed by atoms with E-state index in [9.17, 15) is 4.79 Å². The van der Waals surface area contributed by atoms with E-state index in [4.69, 9.17) is 9.47 Å². The lowest BCUT2D eigenvalue weighted by molar-refractivity contribution is 0.0914. The Kier molecular flexibility index (Phi) is 4.87. The van der Waals surface area contributed by atoms with Crippen LogP contribution in [-0.4, -0.2) is 30.0 Å². The summed E-state index contributed by atoms with van der Waals surface area (Å²) < 4.78 is 10.00. The molecule has 94 valence electrons. The molecule has 1 aromatic heterocycles. The van der Waals surface area contributed by atoms with E-state index >= 15 is 0 Å². The maximum absolute atomic E-state index is 12.1. The van der Waals surface area contributed by atoms with Crippen molar-refractivity contribution in [3.63, 3.8) is 0 Å². The summed E-state index contributed by atoms with van der Waals surface area (Å²) in [7, 11) is 2.95. The molecule has 0 amide bonds. The van der Waals surface area contributed by atoms with Crippen molar-refractivity contribution >= 4 is 5.78 Å². The van der Waals surface area contributed by atoms with Crippen LogP contribution in [0.1, 0.15) is 37.2 Å². The molecular weight excluding hydrogens is 220 g/mol. The molecule has 0 saturated carbocycles. The molecule has 5 nitrogen and oxygen atoms in total. The fraction of sp³-hybridized carbons (Fsp3) is 0.583. The van der Waals surface area contributed by atoms with Gasteiger partial charge < -0.3 is 9.47 Å². The second-order valence-corrected chi connectivity index (χ2v) is 3.82. The van der Waals surface area contributed by atoms with Crippen LogP contribution in [0.3, 0.4) is 0 Å². The second-order valence-electron chi connectivity index (χ2n) is 3.82. The predicted molar refractivity (Wildman–Crippen MR) is 63.5 cm³/mol. The molecule has 17 heavy (non-hydrogen) atoms. The topological polar surface area (TPSA) is 61.3 Å². The zero-order valence-electron chi connectivity index (χ0n) is 10.7. The molecule has 1 atom stereocenters. The first-order chi connectivity index (χ1) is 8.13. The molecule has 0 aromatic carbocycles. The summed E-state index contributed by atoms with van der Waals surface area (Å²) in [6, 6.07) is 0. The summed E-state index contributed by atoms with van der Waals surface area (Å²) in [5.74, 6) is 0.439.